The minimum Gasteiger partial charge on any atom is -0.489 e. The molecule has 3 rings (SSSR count). The van der Waals surface area contributed by atoms with Crippen LogP contribution in [0.4, 0.5) is 5.69 Å². The number of carbonyl (C=O) groups is 1. The van der Waals surface area contributed by atoms with Crippen LogP contribution in [0, 0.1) is 0 Å². The number of primary amides is 1. The van der Waals surface area contributed by atoms with Crippen LogP contribution in [-0.4, -0.2) is 31.2 Å². The molecule has 1 aliphatic rings. The monoisotopic (exact) mass is 382 g/mol. The Hall–Kier alpha value is -3.06. The Morgan fingerprint density at radius 3 is 2.71 bits per heavy atom. The van der Waals surface area contributed by atoms with Gasteiger partial charge in [-0.25, -0.2) is 4.99 Å². The van der Waals surface area contributed by atoms with Gasteiger partial charge in [-0.2, -0.15) is 0 Å². The number of rotatable bonds is 7. The van der Waals surface area contributed by atoms with Crippen molar-refractivity contribution < 1.29 is 14.3 Å². The fourth-order valence-corrected chi connectivity index (χ4v) is 2.96. The molecule has 0 radical (unpaired) electrons. The maximum Gasteiger partial charge on any atom is 0.248 e. The molecule has 2 aromatic carbocycles. The molecule has 0 spiro atoms. The molecule has 0 saturated carbocycles. The lowest BCUT2D eigenvalue weighted by Crippen LogP contribution is -2.27. The molecule has 1 saturated heterocycles. The van der Waals surface area contributed by atoms with Crippen molar-refractivity contribution in [2.45, 2.75) is 31.9 Å². The molecule has 1 amide bonds. The number of benzene rings is 2. The van der Waals surface area contributed by atoms with Gasteiger partial charge in [0.2, 0.25) is 5.91 Å². The summed E-state index contributed by atoms with van der Waals surface area (Å²) >= 11 is 0. The summed E-state index contributed by atoms with van der Waals surface area (Å²) in [6, 6.07) is 14.8. The molecular weight excluding hydrogens is 356 g/mol. The average Bonchev–Trinajstić information content (AvgIpc) is 2.73. The quantitative estimate of drug-likeness (QED) is 0.503. The first-order valence-corrected chi connectivity index (χ1v) is 9.41. The zero-order valence-corrected chi connectivity index (χ0v) is 15.8. The zero-order valence-electron chi connectivity index (χ0n) is 15.8. The molecule has 0 aliphatic carbocycles. The van der Waals surface area contributed by atoms with Crippen LogP contribution in [0.1, 0.15) is 35.2 Å². The first kappa shape index (κ1) is 19.7. The van der Waals surface area contributed by atoms with Gasteiger partial charge in [0.05, 0.1) is 18.3 Å². The minimum atomic E-state index is -0.518. The molecule has 1 atom stereocenters. The van der Waals surface area contributed by atoms with Crippen molar-refractivity contribution >= 4 is 17.6 Å². The topological polar surface area (TPSA) is 112 Å². The van der Waals surface area contributed by atoms with Gasteiger partial charge in [-0.3, -0.25) is 4.79 Å². The highest BCUT2D eigenvalue weighted by Crippen LogP contribution is 2.27. The summed E-state index contributed by atoms with van der Waals surface area (Å²) in [6.07, 6.45) is 3.20. The van der Waals surface area contributed by atoms with E-state index < -0.39 is 5.91 Å². The lowest BCUT2D eigenvalue weighted by atomic mass is 10.1. The summed E-state index contributed by atoms with van der Waals surface area (Å²) < 4.78 is 11.6. The van der Waals surface area contributed by atoms with Crippen LogP contribution in [0.15, 0.2) is 53.5 Å². The maximum absolute atomic E-state index is 11.5. The largest absolute Gasteiger partial charge is 0.489 e. The number of nitrogens with one attached hydrogen (secondary N) is 1. The van der Waals surface area contributed by atoms with E-state index in [1.165, 1.54) is 0 Å². The van der Waals surface area contributed by atoms with Crippen LogP contribution in [0.2, 0.25) is 0 Å². The first-order valence-electron chi connectivity index (χ1n) is 9.41. The van der Waals surface area contributed by atoms with Crippen molar-refractivity contribution in [3.8, 4) is 5.75 Å². The fourth-order valence-electron chi connectivity index (χ4n) is 2.96. The van der Waals surface area contributed by atoms with Crippen LogP contribution in [0.25, 0.3) is 0 Å². The van der Waals surface area contributed by atoms with Crippen LogP contribution >= 0.6 is 0 Å². The predicted octanol–water partition coefficient (Wildman–Crippen LogP) is 2.66. The fraction of sp³-hybridized carbons (Fsp3) is 0.333. The number of nitrogens with two attached hydrogens (primary N) is 2. The minimum absolute atomic E-state index is 0.0444. The zero-order chi connectivity index (χ0) is 19.8. The van der Waals surface area contributed by atoms with Crippen molar-refractivity contribution in [3.05, 3.63) is 59.7 Å². The average molecular weight is 382 g/mol. The summed E-state index contributed by atoms with van der Waals surface area (Å²) in [5.41, 5.74) is 13.5. The maximum atomic E-state index is 11.5. The molecule has 28 heavy (non-hydrogen) atoms. The molecule has 7 heteroatoms. The molecule has 0 bridgehead atoms. The molecular formula is C21H26N4O3. The second kappa shape index (κ2) is 9.75. The third-order valence-corrected chi connectivity index (χ3v) is 4.50. The van der Waals surface area contributed by atoms with Gasteiger partial charge in [0.25, 0.3) is 0 Å². The third kappa shape index (κ3) is 5.72. The van der Waals surface area contributed by atoms with Gasteiger partial charge in [0.15, 0.2) is 5.96 Å². The Balaban J connectivity index is 1.70. The molecule has 1 heterocycles. The summed E-state index contributed by atoms with van der Waals surface area (Å²) in [4.78, 5) is 15.9. The molecule has 1 unspecified atom stereocenters. The third-order valence-electron chi connectivity index (χ3n) is 4.50. The molecule has 5 N–H and O–H groups in total. The lowest BCUT2D eigenvalue weighted by Gasteiger charge is -2.23. The van der Waals surface area contributed by atoms with Crippen LogP contribution in [0.5, 0.6) is 5.75 Å². The van der Waals surface area contributed by atoms with Crippen molar-refractivity contribution in [3.63, 3.8) is 0 Å². The van der Waals surface area contributed by atoms with Gasteiger partial charge in [-0.1, -0.05) is 30.3 Å². The van der Waals surface area contributed by atoms with Gasteiger partial charge in [0.1, 0.15) is 12.4 Å². The van der Waals surface area contributed by atoms with E-state index in [-0.39, 0.29) is 12.1 Å². The summed E-state index contributed by atoms with van der Waals surface area (Å²) in [6.45, 7) is 1.61. The smallest absolute Gasteiger partial charge is 0.248 e. The van der Waals surface area contributed by atoms with Crippen LogP contribution in [0.3, 0.4) is 0 Å². The van der Waals surface area contributed by atoms with E-state index in [0.717, 1.165) is 31.4 Å². The summed E-state index contributed by atoms with van der Waals surface area (Å²) in [7, 11) is 0. The van der Waals surface area contributed by atoms with Gasteiger partial charge < -0.3 is 26.3 Å². The molecule has 1 fully saturated rings. The van der Waals surface area contributed by atoms with Crippen molar-refractivity contribution in [1.82, 2.24) is 0 Å². The molecule has 0 aromatic heterocycles. The number of aliphatic imine (C=N–C) groups is 1. The number of nitrogens with zero attached hydrogens (tertiary/aromatic N) is 1. The molecule has 148 valence electrons. The predicted molar refractivity (Wildman–Crippen MR) is 109 cm³/mol. The first-order chi connectivity index (χ1) is 13.6. The molecule has 7 nitrogen and oxygen atoms in total. The van der Waals surface area contributed by atoms with E-state index in [2.05, 4.69) is 10.3 Å². The van der Waals surface area contributed by atoms with Gasteiger partial charge in [0, 0.05) is 12.2 Å². The molecule has 1 aliphatic heterocycles. The Kier molecular flexibility index (Phi) is 6.86. The highest BCUT2D eigenvalue weighted by Gasteiger charge is 2.16. The summed E-state index contributed by atoms with van der Waals surface area (Å²) in [5, 5.41) is 3.04. The molecule has 2 aromatic rings. The van der Waals surface area contributed by atoms with Crippen molar-refractivity contribution in [2.75, 3.05) is 18.5 Å². The Labute approximate surface area is 164 Å². The number of hydrogen-bond donors (Lipinski definition) is 3. The van der Waals surface area contributed by atoms with Crippen molar-refractivity contribution in [2.24, 2.45) is 16.5 Å². The van der Waals surface area contributed by atoms with E-state index in [1.54, 1.807) is 18.2 Å². The van der Waals surface area contributed by atoms with Crippen LogP contribution in [-0.2, 0) is 11.3 Å². The van der Waals surface area contributed by atoms with E-state index in [1.807, 2.05) is 30.3 Å². The number of hydrogen-bond acceptors (Lipinski definition) is 4. The van der Waals surface area contributed by atoms with E-state index in [0.29, 0.717) is 30.2 Å². The van der Waals surface area contributed by atoms with Crippen molar-refractivity contribution in [1.29, 1.82) is 0 Å². The van der Waals surface area contributed by atoms with E-state index in [4.69, 9.17) is 20.9 Å². The van der Waals surface area contributed by atoms with Gasteiger partial charge in [-0.15, -0.1) is 0 Å². The second-order valence-corrected chi connectivity index (χ2v) is 6.69. The SMILES string of the molecule is NC(=O)c1ccc(NC(N)=NCc2ccccc2)c(OCC2CCCCO2)c1. The number of ether oxygens (including phenoxy) is 2. The Morgan fingerprint density at radius 2 is 2.00 bits per heavy atom. The summed E-state index contributed by atoms with van der Waals surface area (Å²) in [5.74, 6) is 0.230. The number of guanidine groups is 1. The van der Waals surface area contributed by atoms with E-state index >= 15 is 0 Å². The lowest BCUT2D eigenvalue weighted by molar-refractivity contribution is -0.0109. The van der Waals surface area contributed by atoms with Gasteiger partial charge in [-0.05, 0) is 43.0 Å². The number of amides is 1. The van der Waals surface area contributed by atoms with Crippen LogP contribution < -0.4 is 21.5 Å². The highest BCUT2D eigenvalue weighted by molar-refractivity contribution is 5.97. The van der Waals surface area contributed by atoms with Gasteiger partial charge >= 0.3 is 0 Å². The Bertz CT molecular complexity index is 818. The number of anilines is 1. The second-order valence-electron chi connectivity index (χ2n) is 6.69. The van der Waals surface area contributed by atoms with E-state index in [9.17, 15) is 4.79 Å². The highest BCUT2D eigenvalue weighted by atomic mass is 16.5. The standard InChI is InChI=1S/C21H26N4O3/c22-20(26)16-9-10-18(19(12-16)28-14-17-8-4-5-11-27-17)25-21(23)24-13-15-6-2-1-3-7-15/h1-3,6-7,9-10,12,17H,4-5,8,11,13-14H2,(H2,22,26)(H3,23,24,25). The number of carbonyl (C=O) groups excluding carboxylic acids is 1. The normalized spacial score (nSPS) is 17.1. The Morgan fingerprint density at radius 1 is 1.18 bits per heavy atom.